The zero-order valence-corrected chi connectivity index (χ0v) is 14.2. The van der Waals surface area contributed by atoms with Crippen molar-refractivity contribution in [2.45, 2.75) is 103 Å². The van der Waals surface area contributed by atoms with Crippen LogP contribution in [0.5, 0.6) is 0 Å². The van der Waals surface area contributed by atoms with Crippen LogP contribution in [0.1, 0.15) is 96.8 Å². The predicted octanol–water partition coefficient (Wildman–Crippen LogP) is 5.00. The van der Waals surface area contributed by atoms with Gasteiger partial charge in [-0.2, -0.15) is 0 Å². The number of hydrogen-bond acceptors (Lipinski definition) is 3. The van der Waals surface area contributed by atoms with Crippen molar-refractivity contribution in [1.29, 1.82) is 0 Å². The molecule has 0 aromatic carbocycles. The van der Waals surface area contributed by atoms with Gasteiger partial charge in [0.05, 0.1) is 13.2 Å². The number of ether oxygens (including phenoxy) is 1. The summed E-state index contributed by atoms with van der Waals surface area (Å²) in [6.07, 6.45) is 15.9. The molecule has 0 heterocycles. The standard InChI is InChI=1S/C18H36O3/c1-3-4-5-6-7-8-9-10-11-12-13-14-17(19)15-16-18(20)21-2/h17,19H,3-16H2,1-2H3. The second-order valence-corrected chi connectivity index (χ2v) is 6.09. The van der Waals surface area contributed by atoms with E-state index in [2.05, 4.69) is 11.7 Å². The number of unbranched alkanes of at least 4 members (excludes halogenated alkanes) is 10. The maximum Gasteiger partial charge on any atom is 0.305 e. The summed E-state index contributed by atoms with van der Waals surface area (Å²) in [5.74, 6) is -0.229. The minimum Gasteiger partial charge on any atom is -0.469 e. The topological polar surface area (TPSA) is 46.5 Å². The second kappa shape index (κ2) is 15.8. The molecule has 0 aliphatic heterocycles. The van der Waals surface area contributed by atoms with Gasteiger partial charge in [0.1, 0.15) is 0 Å². The molecular weight excluding hydrogens is 264 g/mol. The van der Waals surface area contributed by atoms with E-state index >= 15 is 0 Å². The number of aliphatic hydroxyl groups is 1. The molecule has 0 spiro atoms. The molecule has 3 heteroatoms. The van der Waals surface area contributed by atoms with Crippen LogP contribution in [0.25, 0.3) is 0 Å². The van der Waals surface area contributed by atoms with Crippen molar-refractivity contribution in [3.63, 3.8) is 0 Å². The van der Waals surface area contributed by atoms with Gasteiger partial charge in [-0.3, -0.25) is 4.79 Å². The van der Waals surface area contributed by atoms with E-state index in [1.807, 2.05) is 0 Å². The lowest BCUT2D eigenvalue weighted by atomic mass is 10.0. The quantitative estimate of drug-likeness (QED) is 0.342. The van der Waals surface area contributed by atoms with Crippen LogP contribution in [0.2, 0.25) is 0 Å². The molecule has 21 heavy (non-hydrogen) atoms. The average Bonchev–Trinajstić information content (AvgIpc) is 2.50. The molecule has 1 unspecified atom stereocenters. The van der Waals surface area contributed by atoms with Crippen LogP contribution < -0.4 is 0 Å². The van der Waals surface area contributed by atoms with E-state index in [-0.39, 0.29) is 12.1 Å². The van der Waals surface area contributed by atoms with Crippen LogP contribution in [0.3, 0.4) is 0 Å². The smallest absolute Gasteiger partial charge is 0.305 e. The molecule has 1 N–H and O–H groups in total. The fraction of sp³-hybridized carbons (Fsp3) is 0.944. The molecule has 1 atom stereocenters. The van der Waals surface area contributed by atoms with Gasteiger partial charge in [0.2, 0.25) is 0 Å². The van der Waals surface area contributed by atoms with Crippen molar-refractivity contribution in [2.75, 3.05) is 7.11 Å². The van der Waals surface area contributed by atoms with Crippen molar-refractivity contribution in [2.24, 2.45) is 0 Å². The molecule has 0 fully saturated rings. The number of aliphatic hydroxyl groups excluding tert-OH is 1. The zero-order chi connectivity index (χ0) is 15.8. The molecule has 0 saturated carbocycles. The van der Waals surface area contributed by atoms with Gasteiger partial charge in [-0.1, -0.05) is 77.6 Å². The molecule has 0 bridgehead atoms. The van der Waals surface area contributed by atoms with Crippen LogP contribution >= 0.6 is 0 Å². The van der Waals surface area contributed by atoms with E-state index in [9.17, 15) is 9.90 Å². The molecule has 0 radical (unpaired) electrons. The number of rotatable bonds is 15. The first-order valence-corrected chi connectivity index (χ1v) is 8.95. The zero-order valence-electron chi connectivity index (χ0n) is 14.2. The number of carbonyl (C=O) groups is 1. The minimum atomic E-state index is -0.345. The van der Waals surface area contributed by atoms with E-state index < -0.39 is 0 Å². The van der Waals surface area contributed by atoms with Gasteiger partial charge in [-0.15, -0.1) is 0 Å². The molecule has 126 valence electrons. The lowest BCUT2D eigenvalue weighted by Crippen LogP contribution is -2.10. The first-order valence-electron chi connectivity index (χ1n) is 8.95. The summed E-state index contributed by atoms with van der Waals surface area (Å²) in [7, 11) is 1.39. The Morgan fingerprint density at radius 1 is 0.857 bits per heavy atom. The maximum absolute atomic E-state index is 10.9. The van der Waals surface area contributed by atoms with Crippen molar-refractivity contribution >= 4 is 5.97 Å². The minimum absolute atomic E-state index is 0.229. The molecule has 0 aliphatic rings. The monoisotopic (exact) mass is 300 g/mol. The van der Waals surface area contributed by atoms with Gasteiger partial charge in [0, 0.05) is 6.42 Å². The van der Waals surface area contributed by atoms with Gasteiger partial charge in [-0.05, 0) is 12.8 Å². The van der Waals surface area contributed by atoms with Gasteiger partial charge in [-0.25, -0.2) is 0 Å². The summed E-state index contributed by atoms with van der Waals surface area (Å²) in [6, 6.07) is 0. The van der Waals surface area contributed by atoms with Gasteiger partial charge in [0.25, 0.3) is 0 Å². The average molecular weight is 300 g/mol. The lowest BCUT2D eigenvalue weighted by Gasteiger charge is -2.09. The largest absolute Gasteiger partial charge is 0.469 e. The van der Waals surface area contributed by atoms with Crippen LogP contribution in [0, 0.1) is 0 Å². The third-order valence-corrected chi connectivity index (χ3v) is 4.05. The Hall–Kier alpha value is -0.570. The summed E-state index contributed by atoms with van der Waals surface area (Å²) >= 11 is 0. The normalized spacial score (nSPS) is 12.3. The Labute approximate surface area is 131 Å². The van der Waals surface area contributed by atoms with Crippen LogP contribution in [0.4, 0.5) is 0 Å². The van der Waals surface area contributed by atoms with E-state index in [1.54, 1.807) is 0 Å². The number of esters is 1. The highest BCUT2D eigenvalue weighted by molar-refractivity contribution is 5.69. The molecule has 0 rings (SSSR count). The fourth-order valence-electron chi connectivity index (χ4n) is 2.58. The first kappa shape index (κ1) is 20.4. The molecular formula is C18H36O3. The third-order valence-electron chi connectivity index (χ3n) is 4.05. The molecule has 3 nitrogen and oxygen atoms in total. The van der Waals surface area contributed by atoms with Crippen molar-refractivity contribution < 1.29 is 14.6 Å². The Balaban J connectivity index is 3.16. The molecule has 0 aliphatic carbocycles. The number of methoxy groups -OCH3 is 1. The fourth-order valence-corrected chi connectivity index (χ4v) is 2.58. The summed E-state index contributed by atoms with van der Waals surface area (Å²) in [5.41, 5.74) is 0. The van der Waals surface area contributed by atoms with E-state index in [0.29, 0.717) is 12.8 Å². The lowest BCUT2D eigenvalue weighted by molar-refractivity contribution is -0.141. The Morgan fingerprint density at radius 3 is 1.81 bits per heavy atom. The summed E-state index contributed by atoms with van der Waals surface area (Å²) in [6.45, 7) is 2.26. The molecule has 0 saturated heterocycles. The summed E-state index contributed by atoms with van der Waals surface area (Å²) in [5, 5.41) is 9.73. The Bertz CT molecular complexity index is 229. The van der Waals surface area contributed by atoms with Crippen molar-refractivity contribution in [1.82, 2.24) is 0 Å². The Morgan fingerprint density at radius 2 is 1.33 bits per heavy atom. The highest BCUT2D eigenvalue weighted by Crippen LogP contribution is 2.13. The SMILES string of the molecule is CCCCCCCCCCCCCC(O)CCC(=O)OC. The molecule has 0 aromatic rings. The van der Waals surface area contributed by atoms with Crippen LogP contribution in [0.15, 0.2) is 0 Å². The summed E-state index contributed by atoms with van der Waals surface area (Å²) < 4.78 is 4.56. The van der Waals surface area contributed by atoms with Crippen molar-refractivity contribution in [3.05, 3.63) is 0 Å². The first-order chi connectivity index (χ1) is 10.2. The van der Waals surface area contributed by atoms with Gasteiger partial charge >= 0.3 is 5.97 Å². The Kier molecular flexibility index (Phi) is 15.4. The molecule has 0 aromatic heterocycles. The van der Waals surface area contributed by atoms with Gasteiger partial charge < -0.3 is 9.84 Å². The third kappa shape index (κ3) is 15.6. The maximum atomic E-state index is 10.9. The van der Waals surface area contributed by atoms with E-state index in [4.69, 9.17) is 0 Å². The molecule has 0 amide bonds. The summed E-state index contributed by atoms with van der Waals surface area (Å²) in [4.78, 5) is 10.9. The van der Waals surface area contributed by atoms with Crippen LogP contribution in [-0.4, -0.2) is 24.3 Å². The van der Waals surface area contributed by atoms with E-state index in [0.717, 1.165) is 12.8 Å². The van der Waals surface area contributed by atoms with Gasteiger partial charge in [0.15, 0.2) is 0 Å². The highest BCUT2D eigenvalue weighted by Gasteiger charge is 2.07. The van der Waals surface area contributed by atoms with Crippen molar-refractivity contribution in [3.8, 4) is 0 Å². The number of carbonyl (C=O) groups excluding carboxylic acids is 1. The predicted molar refractivity (Wildman–Crippen MR) is 88.3 cm³/mol. The van der Waals surface area contributed by atoms with Crippen LogP contribution in [-0.2, 0) is 9.53 Å². The number of hydrogen-bond donors (Lipinski definition) is 1. The van der Waals surface area contributed by atoms with E-state index in [1.165, 1.54) is 71.3 Å². The highest BCUT2D eigenvalue weighted by atomic mass is 16.5. The second-order valence-electron chi connectivity index (χ2n) is 6.09.